The lowest BCUT2D eigenvalue weighted by atomic mass is 9.91. The molecule has 0 radical (unpaired) electrons. The van der Waals surface area contributed by atoms with E-state index in [1.165, 1.54) is 24.5 Å². The highest BCUT2D eigenvalue weighted by molar-refractivity contribution is 5.76. The molecule has 1 aromatic rings. The van der Waals surface area contributed by atoms with Crippen molar-refractivity contribution in [2.24, 2.45) is 5.92 Å². The summed E-state index contributed by atoms with van der Waals surface area (Å²) in [4.78, 5) is 22.4. The van der Waals surface area contributed by atoms with Crippen LogP contribution in [-0.4, -0.2) is 15.6 Å². The van der Waals surface area contributed by atoms with Crippen molar-refractivity contribution in [3.8, 4) is 0 Å². The normalized spacial score (nSPS) is 14.6. The number of aliphatic carboxylic acids is 1. The third kappa shape index (κ3) is 3.19. The van der Waals surface area contributed by atoms with Crippen LogP contribution < -0.4 is 5.43 Å². The molecule has 0 bridgehead atoms. The van der Waals surface area contributed by atoms with Crippen molar-refractivity contribution in [2.75, 3.05) is 0 Å². The molecule has 17 heavy (non-hydrogen) atoms. The largest absolute Gasteiger partial charge is 0.479 e. The summed E-state index contributed by atoms with van der Waals surface area (Å²) in [5, 5.41) is 9.37. The molecular formula is C13H19NO3. The molecule has 4 heteroatoms. The third-order valence-electron chi connectivity index (χ3n) is 3.04. The van der Waals surface area contributed by atoms with E-state index in [1.54, 1.807) is 11.5 Å². The van der Waals surface area contributed by atoms with Crippen LogP contribution in [0.25, 0.3) is 0 Å². The first kappa shape index (κ1) is 13.5. The fraction of sp³-hybridized carbons (Fsp3) is 0.538. The van der Waals surface area contributed by atoms with E-state index < -0.39 is 11.5 Å². The molecule has 0 aromatic carbocycles. The van der Waals surface area contributed by atoms with Gasteiger partial charge in [0.15, 0.2) is 5.43 Å². The molecule has 94 valence electrons. The number of carboxylic acids is 1. The van der Waals surface area contributed by atoms with Gasteiger partial charge in [-0.05, 0) is 25.7 Å². The molecule has 4 nitrogen and oxygen atoms in total. The number of carbonyl (C=O) groups is 1. The fourth-order valence-corrected chi connectivity index (χ4v) is 1.66. The van der Waals surface area contributed by atoms with Gasteiger partial charge in [0.2, 0.25) is 0 Å². The van der Waals surface area contributed by atoms with Gasteiger partial charge in [-0.15, -0.1) is 0 Å². The average molecular weight is 237 g/mol. The van der Waals surface area contributed by atoms with Crippen LogP contribution in [0.1, 0.15) is 33.6 Å². The van der Waals surface area contributed by atoms with Crippen LogP contribution in [-0.2, 0) is 10.3 Å². The highest BCUT2D eigenvalue weighted by Gasteiger charge is 2.33. The Kier molecular flexibility index (Phi) is 4.10. The molecule has 0 fully saturated rings. The Labute approximate surface area is 101 Å². The quantitative estimate of drug-likeness (QED) is 0.853. The number of pyridine rings is 1. The van der Waals surface area contributed by atoms with E-state index in [0.717, 1.165) is 6.42 Å². The molecule has 1 heterocycles. The van der Waals surface area contributed by atoms with Crippen molar-refractivity contribution in [1.82, 2.24) is 4.57 Å². The molecule has 1 rings (SSSR count). The lowest BCUT2D eigenvalue weighted by Gasteiger charge is -2.28. The topological polar surface area (TPSA) is 59.3 Å². The predicted molar refractivity (Wildman–Crippen MR) is 66.1 cm³/mol. The number of aromatic nitrogens is 1. The number of nitrogens with zero attached hydrogens (tertiary/aromatic N) is 1. The van der Waals surface area contributed by atoms with Crippen LogP contribution in [0.5, 0.6) is 0 Å². The highest BCUT2D eigenvalue weighted by atomic mass is 16.4. The van der Waals surface area contributed by atoms with Crippen LogP contribution in [0.15, 0.2) is 29.3 Å². The average Bonchev–Trinajstić information content (AvgIpc) is 2.26. The predicted octanol–water partition coefficient (Wildman–Crippen LogP) is 2.08. The van der Waals surface area contributed by atoms with Crippen molar-refractivity contribution in [1.29, 1.82) is 0 Å². The van der Waals surface area contributed by atoms with E-state index in [-0.39, 0.29) is 5.43 Å². The van der Waals surface area contributed by atoms with Gasteiger partial charge in [0.05, 0.1) is 0 Å². The molecule has 1 N–H and O–H groups in total. The molecule has 0 saturated carbocycles. The minimum Gasteiger partial charge on any atom is -0.479 e. The lowest BCUT2D eigenvalue weighted by molar-refractivity contribution is -0.147. The van der Waals surface area contributed by atoms with E-state index in [1.807, 2.05) is 0 Å². The second kappa shape index (κ2) is 5.17. The molecule has 0 spiro atoms. The molecule has 1 atom stereocenters. The molecule has 0 saturated heterocycles. The van der Waals surface area contributed by atoms with Crippen molar-refractivity contribution in [3.63, 3.8) is 0 Å². The van der Waals surface area contributed by atoms with Gasteiger partial charge in [0, 0.05) is 24.5 Å². The molecular weight excluding hydrogens is 218 g/mol. The fourth-order valence-electron chi connectivity index (χ4n) is 1.66. The third-order valence-corrected chi connectivity index (χ3v) is 3.04. The van der Waals surface area contributed by atoms with Gasteiger partial charge in [-0.1, -0.05) is 13.8 Å². The molecule has 1 unspecified atom stereocenters. The summed E-state index contributed by atoms with van der Waals surface area (Å²) < 4.78 is 1.60. The minimum absolute atomic E-state index is 0.113. The SMILES string of the molecule is CC(C)CCC(C)(C(=O)O)n1ccc(=O)cc1. The molecule has 0 amide bonds. The number of hydrogen-bond donors (Lipinski definition) is 1. The first-order valence-electron chi connectivity index (χ1n) is 5.78. The molecule has 1 aromatic heterocycles. The van der Waals surface area contributed by atoms with Gasteiger partial charge < -0.3 is 9.67 Å². The van der Waals surface area contributed by atoms with Crippen molar-refractivity contribution in [3.05, 3.63) is 34.7 Å². The molecule has 0 aliphatic carbocycles. The maximum Gasteiger partial charge on any atom is 0.329 e. The molecule has 0 aliphatic rings. The smallest absolute Gasteiger partial charge is 0.329 e. The van der Waals surface area contributed by atoms with Gasteiger partial charge in [-0.25, -0.2) is 4.79 Å². The maximum absolute atomic E-state index is 11.4. The second-order valence-corrected chi connectivity index (χ2v) is 4.95. The minimum atomic E-state index is -0.988. The van der Waals surface area contributed by atoms with E-state index in [4.69, 9.17) is 0 Å². The lowest BCUT2D eigenvalue weighted by Crippen LogP contribution is -2.39. The van der Waals surface area contributed by atoms with Gasteiger partial charge in [0.1, 0.15) is 5.54 Å². The Morgan fingerprint density at radius 3 is 2.35 bits per heavy atom. The summed E-state index contributed by atoms with van der Waals surface area (Å²) in [5.41, 5.74) is -1.10. The zero-order chi connectivity index (χ0) is 13.1. The van der Waals surface area contributed by atoms with E-state index in [0.29, 0.717) is 12.3 Å². The first-order valence-corrected chi connectivity index (χ1v) is 5.78. The second-order valence-electron chi connectivity index (χ2n) is 4.95. The summed E-state index contributed by atoms with van der Waals surface area (Å²) >= 11 is 0. The highest BCUT2D eigenvalue weighted by Crippen LogP contribution is 2.24. The van der Waals surface area contributed by atoms with E-state index >= 15 is 0 Å². The van der Waals surface area contributed by atoms with Crippen molar-refractivity contribution in [2.45, 2.75) is 39.2 Å². The Morgan fingerprint density at radius 2 is 1.94 bits per heavy atom. The summed E-state index contributed by atoms with van der Waals surface area (Å²) in [6.07, 6.45) is 4.45. The van der Waals surface area contributed by atoms with E-state index in [2.05, 4.69) is 13.8 Å². The van der Waals surface area contributed by atoms with Gasteiger partial charge in [-0.3, -0.25) is 4.79 Å². The Hall–Kier alpha value is -1.58. The van der Waals surface area contributed by atoms with Crippen LogP contribution >= 0.6 is 0 Å². The monoisotopic (exact) mass is 237 g/mol. The van der Waals surface area contributed by atoms with Crippen molar-refractivity contribution >= 4 is 5.97 Å². The zero-order valence-corrected chi connectivity index (χ0v) is 10.5. The van der Waals surface area contributed by atoms with Crippen molar-refractivity contribution < 1.29 is 9.90 Å². The van der Waals surface area contributed by atoms with Crippen LogP contribution in [0.4, 0.5) is 0 Å². The molecule has 0 aliphatic heterocycles. The van der Waals surface area contributed by atoms with Crippen LogP contribution in [0.2, 0.25) is 0 Å². The first-order chi connectivity index (χ1) is 7.86. The summed E-state index contributed by atoms with van der Waals surface area (Å²) in [7, 11) is 0. The Bertz CT molecular complexity index is 430. The maximum atomic E-state index is 11.4. The number of rotatable bonds is 5. The Morgan fingerprint density at radius 1 is 1.41 bits per heavy atom. The van der Waals surface area contributed by atoms with Crippen LogP contribution in [0, 0.1) is 5.92 Å². The summed E-state index contributed by atoms with van der Waals surface area (Å²) in [6, 6.07) is 2.77. The van der Waals surface area contributed by atoms with Gasteiger partial charge >= 0.3 is 5.97 Å². The van der Waals surface area contributed by atoms with Gasteiger partial charge in [-0.2, -0.15) is 0 Å². The number of hydrogen-bond acceptors (Lipinski definition) is 2. The summed E-state index contributed by atoms with van der Waals surface area (Å²) in [5.74, 6) is -0.421. The Balaban J connectivity index is 3.02. The van der Waals surface area contributed by atoms with Crippen LogP contribution in [0.3, 0.4) is 0 Å². The standard InChI is InChI=1S/C13H19NO3/c1-10(2)4-7-13(3,12(16)17)14-8-5-11(15)6-9-14/h5-6,8-10H,4,7H2,1-3H3,(H,16,17). The summed E-state index contributed by atoms with van der Waals surface area (Å²) in [6.45, 7) is 5.81. The van der Waals surface area contributed by atoms with E-state index in [9.17, 15) is 14.7 Å². The zero-order valence-electron chi connectivity index (χ0n) is 10.5. The number of carboxylic acid groups (broad SMARTS) is 1. The van der Waals surface area contributed by atoms with Gasteiger partial charge in [0.25, 0.3) is 0 Å².